The van der Waals surface area contributed by atoms with Crippen LogP contribution in [0.25, 0.3) is 20.8 Å². The predicted molar refractivity (Wildman–Crippen MR) is 125 cm³/mol. The number of aliphatic hydroxyl groups excluding tert-OH is 1. The van der Waals surface area contributed by atoms with Gasteiger partial charge in [-0.2, -0.15) is 18.2 Å². The summed E-state index contributed by atoms with van der Waals surface area (Å²) in [6.07, 6.45) is -2.13. The molecule has 0 saturated carbocycles. The smallest absolute Gasteiger partial charge is 0.383 e. The standard InChI is InChI=1S/C22H22F4N4O4S2/c1-21(2)7-13(10(23)8-33-21)27-11-5-3-4-9-15(11)35-17(16(9)36-22(24,25)26)18-29-20(34-30-18)12-6-14(31)19(32)28-12/h3-5,10,12-14,27,31H,6-8H2,1-2H3,(H,28,32)/t10-,12-,13+,14+/m1/s1. The second-order valence-corrected chi connectivity index (χ2v) is 11.4. The molecule has 194 valence electrons. The van der Waals surface area contributed by atoms with Crippen molar-refractivity contribution in [2.24, 2.45) is 0 Å². The van der Waals surface area contributed by atoms with Crippen molar-refractivity contribution in [3.05, 3.63) is 24.1 Å². The van der Waals surface area contributed by atoms with E-state index >= 15 is 0 Å². The summed E-state index contributed by atoms with van der Waals surface area (Å²) in [6.45, 7) is 3.63. The van der Waals surface area contributed by atoms with E-state index in [2.05, 4.69) is 20.8 Å². The molecule has 4 heterocycles. The van der Waals surface area contributed by atoms with E-state index in [1.807, 2.05) is 13.8 Å². The maximum Gasteiger partial charge on any atom is 0.446 e. The lowest BCUT2D eigenvalue weighted by Gasteiger charge is -2.38. The number of halogens is 4. The van der Waals surface area contributed by atoms with E-state index in [1.165, 1.54) is 0 Å². The number of aromatic nitrogens is 2. The fraction of sp³-hybridized carbons (Fsp3) is 0.500. The van der Waals surface area contributed by atoms with Gasteiger partial charge < -0.3 is 25.0 Å². The third-order valence-corrected chi connectivity index (χ3v) is 8.25. The van der Waals surface area contributed by atoms with Crippen molar-refractivity contribution in [2.75, 3.05) is 11.9 Å². The summed E-state index contributed by atoms with van der Waals surface area (Å²) in [4.78, 5) is 15.9. The predicted octanol–water partition coefficient (Wildman–Crippen LogP) is 4.80. The molecular weight excluding hydrogens is 524 g/mol. The molecule has 0 aliphatic carbocycles. The number of thioether (sulfide) groups is 1. The number of nitrogens with one attached hydrogen (secondary N) is 2. The second kappa shape index (κ2) is 9.15. The molecular formula is C22H22F4N4O4S2. The summed E-state index contributed by atoms with van der Waals surface area (Å²) in [6, 6.07) is 3.53. The van der Waals surface area contributed by atoms with Crippen molar-refractivity contribution < 1.29 is 36.7 Å². The molecule has 8 nitrogen and oxygen atoms in total. The maximum absolute atomic E-state index is 14.6. The van der Waals surface area contributed by atoms with Crippen molar-refractivity contribution >= 4 is 44.8 Å². The minimum absolute atomic E-state index is 0.0109. The normalized spacial score (nSPS) is 26.4. The van der Waals surface area contributed by atoms with Crippen LogP contribution in [0.15, 0.2) is 27.6 Å². The number of nitrogens with zero attached hydrogens (tertiary/aromatic N) is 2. The molecule has 0 bridgehead atoms. The Morgan fingerprint density at radius 2 is 2.11 bits per heavy atom. The van der Waals surface area contributed by atoms with E-state index in [0.29, 0.717) is 22.2 Å². The van der Waals surface area contributed by atoms with Crippen LogP contribution in [0.4, 0.5) is 23.2 Å². The van der Waals surface area contributed by atoms with Gasteiger partial charge in [0.25, 0.3) is 0 Å². The van der Waals surface area contributed by atoms with Crippen molar-refractivity contribution in [3.63, 3.8) is 0 Å². The van der Waals surface area contributed by atoms with Crippen molar-refractivity contribution in [1.29, 1.82) is 0 Å². The molecule has 5 rings (SSSR count). The minimum Gasteiger partial charge on any atom is -0.383 e. The SMILES string of the molecule is CC1(C)C[C@H](Nc2cccc3c(SC(F)(F)F)c(-c4noc([C@H]5C[C@H](O)C(=O)N5)n4)sc23)[C@H](F)CO1. The molecule has 4 atom stereocenters. The van der Waals surface area contributed by atoms with Crippen molar-refractivity contribution in [1.82, 2.24) is 15.5 Å². The maximum atomic E-state index is 14.6. The Labute approximate surface area is 210 Å². The van der Waals surface area contributed by atoms with E-state index in [-0.39, 0.29) is 46.3 Å². The fourth-order valence-corrected chi connectivity index (χ4v) is 6.45. The monoisotopic (exact) mass is 546 g/mol. The van der Waals surface area contributed by atoms with Gasteiger partial charge in [-0.25, -0.2) is 4.39 Å². The summed E-state index contributed by atoms with van der Waals surface area (Å²) in [5.41, 5.74) is -4.64. The van der Waals surface area contributed by atoms with Gasteiger partial charge in [0.15, 0.2) is 0 Å². The van der Waals surface area contributed by atoms with Gasteiger partial charge in [0.2, 0.25) is 17.6 Å². The summed E-state index contributed by atoms with van der Waals surface area (Å²) in [7, 11) is 0. The van der Waals surface area contributed by atoms with Crippen LogP contribution in [-0.4, -0.2) is 57.2 Å². The van der Waals surface area contributed by atoms with Crippen LogP contribution in [0.3, 0.4) is 0 Å². The molecule has 1 amide bonds. The number of aliphatic hydroxyl groups is 1. The van der Waals surface area contributed by atoms with Crippen LogP contribution in [0.5, 0.6) is 0 Å². The molecule has 0 spiro atoms. The summed E-state index contributed by atoms with van der Waals surface area (Å²) < 4.78 is 66.5. The quantitative estimate of drug-likeness (QED) is 0.309. The van der Waals surface area contributed by atoms with E-state index in [4.69, 9.17) is 9.26 Å². The zero-order chi connectivity index (χ0) is 25.8. The molecule has 0 unspecified atom stereocenters. The summed E-state index contributed by atoms with van der Waals surface area (Å²) in [5, 5.41) is 19.5. The molecule has 2 aliphatic heterocycles. The first-order valence-electron chi connectivity index (χ1n) is 11.1. The van der Waals surface area contributed by atoms with Crippen LogP contribution in [-0.2, 0) is 9.53 Å². The van der Waals surface area contributed by atoms with Gasteiger partial charge >= 0.3 is 5.51 Å². The average molecular weight is 547 g/mol. The van der Waals surface area contributed by atoms with Crippen molar-refractivity contribution in [2.45, 2.75) is 67.1 Å². The molecule has 3 N–H and O–H groups in total. The first-order valence-corrected chi connectivity index (χ1v) is 12.7. The van der Waals surface area contributed by atoms with Gasteiger partial charge in [-0.3, -0.25) is 4.79 Å². The van der Waals surface area contributed by atoms with Gasteiger partial charge in [-0.1, -0.05) is 17.3 Å². The van der Waals surface area contributed by atoms with E-state index < -0.39 is 41.4 Å². The van der Waals surface area contributed by atoms with E-state index in [0.717, 1.165) is 11.3 Å². The first-order chi connectivity index (χ1) is 16.9. The Morgan fingerprint density at radius 3 is 2.81 bits per heavy atom. The fourth-order valence-electron chi connectivity index (χ4n) is 4.34. The Kier molecular flexibility index (Phi) is 6.42. The molecule has 2 aliphatic rings. The van der Waals surface area contributed by atoms with Gasteiger partial charge in [0.1, 0.15) is 18.3 Å². The molecule has 36 heavy (non-hydrogen) atoms. The number of carbonyl (C=O) groups excluding carboxylic acids is 1. The zero-order valence-corrected chi connectivity index (χ0v) is 20.7. The highest BCUT2D eigenvalue weighted by molar-refractivity contribution is 8.00. The molecule has 14 heteroatoms. The Bertz CT molecular complexity index is 1290. The summed E-state index contributed by atoms with van der Waals surface area (Å²) in [5.74, 6) is -0.679. The number of hydrogen-bond acceptors (Lipinski definition) is 9. The molecule has 0 radical (unpaired) electrons. The molecule has 1 aromatic carbocycles. The van der Waals surface area contributed by atoms with E-state index in [9.17, 15) is 27.5 Å². The lowest BCUT2D eigenvalue weighted by Crippen LogP contribution is -2.47. The number of alkyl halides is 4. The molecule has 2 fully saturated rings. The number of amides is 1. The Balaban J connectivity index is 1.54. The lowest BCUT2D eigenvalue weighted by atomic mass is 9.92. The van der Waals surface area contributed by atoms with Crippen LogP contribution in [0, 0.1) is 0 Å². The third kappa shape index (κ3) is 5.04. The van der Waals surface area contributed by atoms with Gasteiger partial charge in [-0.15, -0.1) is 11.3 Å². The summed E-state index contributed by atoms with van der Waals surface area (Å²) >= 11 is 0.745. The minimum atomic E-state index is -4.59. The molecule has 2 saturated heterocycles. The van der Waals surface area contributed by atoms with E-state index in [1.54, 1.807) is 18.2 Å². The zero-order valence-electron chi connectivity index (χ0n) is 19.1. The number of hydrogen-bond donors (Lipinski definition) is 3. The molecule has 3 aromatic rings. The first kappa shape index (κ1) is 25.2. The highest BCUT2D eigenvalue weighted by Gasteiger charge is 2.38. The van der Waals surface area contributed by atoms with Crippen LogP contribution in [0.2, 0.25) is 0 Å². The number of fused-ring (bicyclic) bond motifs is 1. The highest BCUT2D eigenvalue weighted by atomic mass is 32.2. The number of anilines is 1. The topological polar surface area (TPSA) is 110 Å². The average Bonchev–Trinajstić information content (AvgIpc) is 3.48. The molecule has 2 aromatic heterocycles. The number of thiophene rings is 1. The number of ether oxygens (including phenoxy) is 1. The Morgan fingerprint density at radius 1 is 1.33 bits per heavy atom. The lowest BCUT2D eigenvalue weighted by molar-refractivity contribution is -0.126. The van der Waals surface area contributed by atoms with Gasteiger partial charge in [0.05, 0.1) is 33.5 Å². The Hall–Kier alpha value is -2.42. The largest absolute Gasteiger partial charge is 0.446 e. The van der Waals surface area contributed by atoms with Crippen LogP contribution in [0.1, 0.15) is 38.6 Å². The van der Waals surface area contributed by atoms with Crippen molar-refractivity contribution in [3.8, 4) is 10.7 Å². The number of rotatable bonds is 5. The van der Waals surface area contributed by atoms with Gasteiger partial charge in [-0.05, 0) is 38.1 Å². The van der Waals surface area contributed by atoms with Gasteiger partial charge in [0, 0.05) is 16.7 Å². The number of benzene rings is 1. The van der Waals surface area contributed by atoms with Crippen LogP contribution < -0.4 is 10.6 Å². The second-order valence-electron chi connectivity index (χ2n) is 9.30. The highest BCUT2D eigenvalue weighted by Crippen LogP contribution is 2.51. The third-order valence-electron chi connectivity index (χ3n) is 6.03. The van der Waals surface area contributed by atoms with Crippen LogP contribution >= 0.6 is 23.1 Å². The number of carbonyl (C=O) groups is 1.